The zero-order valence-corrected chi connectivity index (χ0v) is 9.41. The summed E-state index contributed by atoms with van der Waals surface area (Å²) in [5.41, 5.74) is 0.222. The highest BCUT2D eigenvalue weighted by Crippen LogP contribution is 2.13. The van der Waals surface area contributed by atoms with Gasteiger partial charge < -0.3 is 5.11 Å². The van der Waals surface area contributed by atoms with Crippen LogP contribution in [0.15, 0.2) is 30.3 Å². The maximum atomic E-state index is 11.7. The molecule has 0 unspecified atom stereocenters. The number of amides is 3. The molecule has 0 aliphatic carbocycles. The molecule has 1 aromatic carbocycles. The topological polar surface area (TPSA) is 81.1 Å². The van der Waals surface area contributed by atoms with Crippen molar-refractivity contribution >= 4 is 17.8 Å². The van der Waals surface area contributed by atoms with Gasteiger partial charge in [-0.2, -0.15) is 5.06 Å². The van der Waals surface area contributed by atoms with Crippen molar-refractivity contribution in [3.8, 4) is 0 Å². The fourth-order valence-corrected chi connectivity index (χ4v) is 1.29. The van der Waals surface area contributed by atoms with Gasteiger partial charge in [0.15, 0.2) is 0 Å². The molecule has 0 atom stereocenters. The predicted molar refractivity (Wildman–Crippen MR) is 61.1 cm³/mol. The highest BCUT2D eigenvalue weighted by molar-refractivity contribution is 5.98. The maximum absolute atomic E-state index is 11.7. The van der Waals surface area contributed by atoms with E-state index in [4.69, 9.17) is 5.11 Å². The molecule has 0 spiro atoms. The summed E-state index contributed by atoms with van der Waals surface area (Å²) in [6.07, 6.45) is -0.896. The maximum Gasteiger partial charge on any atom is 0.415 e. The van der Waals surface area contributed by atoms with Crippen LogP contribution in [-0.4, -0.2) is 33.9 Å². The molecule has 0 saturated carbocycles. The Morgan fingerprint density at radius 2 is 1.82 bits per heavy atom. The van der Waals surface area contributed by atoms with E-state index in [1.165, 1.54) is 12.1 Å². The van der Waals surface area contributed by atoms with E-state index in [2.05, 4.69) is 0 Å². The van der Waals surface area contributed by atoms with E-state index < -0.39 is 12.1 Å². The van der Waals surface area contributed by atoms with Gasteiger partial charge in [-0.1, -0.05) is 25.1 Å². The number of para-hydroxylation sites is 1. The summed E-state index contributed by atoms with van der Waals surface area (Å²) >= 11 is 0. The van der Waals surface area contributed by atoms with Crippen molar-refractivity contribution in [2.24, 2.45) is 0 Å². The molecule has 6 heteroatoms. The summed E-state index contributed by atoms with van der Waals surface area (Å²) in [6, 6.07) is 7.02. The second kappa shape index (κ2) is 5.86. The summed E-state index contributed by atoms with van der Waals surface area (Å²) in [7, 11) is 0. The number of urea groups is 1. The van der Waals surface area contributed by atoms with Crippen LogP contribution in [0.3, 0.4) is 0 Å². The number of carboxylic acid groups (broad SMARTS) is 1. The monoisotopic (exact) mass is 238 g/mol. The minimum Gasteiger partial charge on any atom is -0.465 e. The van der Waals surface area contributed by atoms with Gasteiger partial charge in [-0.05, 0) is 18.6 Å². The number of benzene rings is 1. The zero-order valence-electron chi connectivity index (χ0n) is 9.41. The molecule has 1 aromatic rings. The lowest BCUT2D eigenvalue weighted by Crippen LogP contribution is -2.44. The van der Waals surface area contributed by atoms with Crippen LogP contribution in [0.5, 0.6) is 0 Å². The number of carbonyl (C=O) groups excluding carboxylic acids is 1. The van der Waals surface area contributed by atoms with Crippen LogP contribution in [0.2, 0.25) is 0 Å². The quantitative estimate of drug-likeness (QED) is 0.625. The smallest absolute Gasteiger partial charge is 0.415 e. The summed E-state index contributed by atoms with van der Waals surface area (Å²) in [4.78, 5) is 23.1. The number of nitrogens with zero attached hydrogens (tertiary/aromatic N) is 2. The van der Waals surface area contributed by atoms with Crippen LogP contribution >= 0.6 is 0 Å². The third kappa shape index (κ3) is 3.18. The van der Waals surface area contributed by atoms with Gasteiger partial charge in [0, 0.05) is 6.54 Å². The molecule has 0 saturated heterocycles. The first-order chi connectivity index (χ1) is 8.07. The van der Waals surface area contributed by atoms with Crippen molar-refractivity contribution in [3.63, 3.8) is 0 Å². The lowest BCUT2D eigenvalue weighted by atomic mass is 10.3. The lowest BCUT2D eigenvalue weighted by molar-refractivity contribution is 0.136. The molecular weight excluding hydrogens is 224 g/mol. The van der Waals surface area contributed by atoms with Crippen LogP contribution in [0.1, 0.15) is 13.3 Å². The summed E-state index contributed by atoms with van der Waals surface area (Å²) in [5, 5.41) is 18.8. The molecule has 0 fully saturated rings. The Morgan fingerprint density at radius 1 is 1.24 bits per heavy atom. The van der Waals surface area contributed by atoms with E-state index >= 15 is 0 Å². The van der Waals surface area contributed by atoms with E-state index in [-0.39, 0.29) is 12.2 Å². The Morgan fingerprint density at radius 3 is 2.29 bits per heavy atom. The van der Waals surface area contributed by atoms with Gasteiger partial charge in [-0.15, -0.1) is 0 Å². The van der Waals surface area contributed by atoms with Gasteiger partial charge in [-0.25, -0.2) is 14.5 Å². The van der Waals surface area contributed by atoms with Crippen LogP contribution in [0.25, 0.3) is 0 Å². The highest BCUT2D eigenvalue weighted by atomic mass is 16.5. The average molecular weight is 238 g/mol. The van der Waals surface area contributed by atoms with Crippen LogP contribution < -0.4 is 5.06 Å². The normalized spacial score (nSPS) is 9.76. The fourth-order valence-electron chi connectivity index (χ4n) is 1.29. The number of hydrogen-bond donors (Lipinski definition) is 2. The molecule has 3 amide bonds. The second-order valence-corrected chi connectivity index (χ2v) is 3.36. The van der Waals surface area contributed by atoms with Crippen molar-refractivity contribution in [2.45, 2.75) is 13.3 Å². The number of hydrogen-bond acceptors (Lipinski definition) is 3. The number of rotatable bonds is 3. The standard InChI is InChI=1S/C11H14N2O4/c1-2-8-12(11(15)16)10(14)13(17)9-6-4-3-5-7-9/h3-7,17H,2,8H2,1H3,(H,15,16). The predicted octanol–water partition coefficient (Wildman–Crippen LogP) is 2.39. The molecular formula is C11H14N2O4. The van der Waals surface area contributed by atoms with E-state index in [1.54, 1.807) is 25.1 Å². The number of carbonyl (C=O) groups is 2. The van der Waals surface area contributed by atoms with Gasteiger partial charge in [0.25, 0.3) is 0 Å². The summed E-state index contributed by atoms with van der Waals surface area (Å²) < 4.78 is 0. The number of imide groups is 1. The van der Waals surface area contributed by atoms with Crippen LogP contribution in [0.4, 0.5) is 15.3 Å². The molecule has 0 bridgehead atoms. The minimum absolute atomic E-state index is 0.0397. The highest BCUT2D eigenvalue weighted by Gasteiger charge is 2.25. The van der Waals surface area contributed by atoms with Gasteiger partial charge in [-0.3, -0.25) is 5.21 Å². The first-order valence-corrected chi connectivity index (χ1v) is 5.16. The Labute approximate surface area is 98.6 Å². The molecule has 0 radical (unpaired) electrons. The largest absolute Gasteiger partial charge is 0.465 e. The van der Waals surface area contributed by atoms with Crippen LogP contribution in [0, 0.1) is 0 Å². The molecule has 0 aliphatic rings. The summed E-state index contributed by atoms with van der Waals surface area (Å²) in [6.45, 7) is 1.78. The average Bonchev–Trinajstić information content (AvgIpc) is 2.35. The number of anilines is 1. The van der Waals surface area contributed by atoms with E-state index in [1.807, 2.05) is 0 Å². The molecule has 6 nitrogen and oxygen atoms in total. The first-order valence-electron chi connectivity index (χ1n) is 5.16. The van der Waals surface area contributed by atoms with Gasteiger partial charge in [0.05, 0.1) is 5.69 Å². The van der Waals surface area contributed by atoms with E-state index in [0.717, 1.165) is 0 Å². The van der Waals surface area contributed by atoms with E-state index in [0.29, 0.717) is 16.4 Å². The van der Waals surface area contributed by atoms with Crippen molar-refractivity contribution in [1.29, 1.82) is 0 Å². The minimum atomic E-state index is -1.38. The van der Waals surface area contributed by atoms with Gasteiger partial charge in [0.1, 0.15) is 0 Å². The van der Waals surface area contributed by atoms with Gasteiger partial charge >= 0.3 is 12.1 Å². The van der Waals surface area contributed by atoms with Gasteiger partial charge in [0.2, 0.25) is 0 Å². The van der Waals surface area contributed by atoms with Crippen molar-refractivity contribution < 1.29 is 19.9 Å². The van der Waals surface area contributed by atoms with Crippen molar-refractivity contribution in [3.05, 3.63) is 30.3 Å². The summed E-state index contributed by atoms with van der Waals surface area (Å²) in [5.74, 6) is 0. The molecule has 0 aliphatic heterocycles. The molecule has 0 aromatic heterocycles. The molecule has 0 heterocycles. The fraction of sp³-hybridized carbons (Fsp3) is 0.273. The Balaban J connectivity index is 2.84. The van der Waals surface area contributed by atoms with Crippen LogP contribution in [-0.2, 0) is 0 Å². The molecule has 17 heavy (non-hydrogen) atoms. The van der Waals surface area contributed by atoms with Crippen molar-refractivity contribution in [2.75, 3.05) is 11.6 Å². The Bertz CT molecular complexity index is 394. The third-order valence-electron chi connectivity index (χ3n) is 2.09. The zero-order chi connectivity index (χ0) is 12.8. The number of hydroxylamine groups is 1. The van der Waals surface area contributed by atoms with E-state index in [9.17, 15) is 14.8 Å². The molecule has 2 N–H and O–H groups in total. The SMILES string of the molecule is CCCN(C(=O)O)C(=O)N(O)c1ccccc1. The molecule has 92 valence electrons. The molecule has 1 rings (SSSR count). The third-order valence-corrected chi connectivity index (χ3v) is 2.09. The van der Waals surface area contributed by atoms with Crippen molar-refractivity contribution in [1.82, 2.24) is 4.90 Å². The Hall–Kier alpha value is -2.08. The second-order valence-electron chi connectivity index (χ2n) is 3.36. The Kier molecular flexibility index (Phi) is 4.47. The lowest BCUT2D eigenvalue weighted by Gasteiger charge is -2.22. The first kappa shape index (κ1) is 13.0.